The molecular formula is C17H19N3S. The van der Waals surface area contributed by atoms with Gasteiger partial charge in [-0.15, -0.1) is 0 Å². The number of rotatable bonds is 5. The van der Waals surface area contributed by atoms with E-state index in [-0.39, 0.29) is 0 Å². The number of thioether (sulfide) groups is 1. The summed E-state index contributed by atoms with van der Waals surface area (Å²) in [5.41, 5.74) is 5.86. The Balaban J connectivity index is 1.54. The molecule has 0 bridgehead atoms. The number of H-pyrrole nitrogens is 1. The smallest absolute Gasteiger partial charge is 0.166 e. The average molecular weight is 297 g/mol. The Bertz CT molecular complexity index is 749. The minimum Gasteiger partial charge on any atom is -0.384 e. The number of imidazole rings is 1. The Labute approximate surface area is 129 Å². The van der Waals surface area contributed by atoms with Crippen LogP contribution in [-0.2, 0) is 0 Å². The van der Waals surface area contributed by atoms with E-state index in [1.54, 1.807) is 11.8 Å². The van der Waals surface area contributed by atoms with E-state index in [1.807, 2.05) is 0 Å². The Hall–Kier alpha value is -1.94. The summed E-state index contributed by atoms with van der Waals surface area (Å²) in [5, 5.41) is 4.42. The molecule has 0 saturated carbocycles. The van der Waals surface area contributed by atoms with Crippen LogP contribution < -0.4 is 5.32 Å². The van der Waals surface area contributed by atoms with Gasteiger partial charge in [0.2, 0.25) is 0 Å². The van der Waals surface area contributed by atoms with Crippen LogP contribution >= 0.6 is 11.8 Å². The Morgan fingerprint density at radius 2 is 1.95 bits per heavy atom. The number of nitrogens with zero attached hydrogens (tertiary/aromatic N) is 1. The number of aromatic amines is 1. The summed E-state index contributed by atoms with van der Waals surface area (Å²) in [6.07, 6.45) is 0. The van der Waals surface area contributed by atoms with Gasteiger partial charge in [0.15, 0.2) is 5.16 Å². The van der Waals surface area contributed by atoms with Crippen LogP contribution in [0.4, 0.5) is 5.69 Å². The molecule has 0 aliphatic rings. The van der Waals surface area contributed by atoms with Crippen molar-refractivity contribution in [3.05, 3.63) is 53.6 Å². The van der Waals surface area contributed by atoms with Crippen LogP contribution in [0.3, 0.4) is 0 Å². The van der Waals surface area contributed by atoms with Crippen molar-refractivity contribution < 1.29 is 0 Å². The number of benzene rings is 2. The van der Waals surface area contributed by atoms with Gasteiger partial charge in [0.1, 0.15) is 0 Å². The summed E-state index contributed by atoms with van der Waals surface area (Å²) in [5.74, 6) is 0.979. The van der Waals surface area contributed by atoms with E-state index in [4.69, 9.17) is 0 Å². The van der Waals surface area contributed by atoms with Crippen molar-refractivity contribution in [3.8, 4) is 0 Å². The molecule has 2 N–H and O–H groups in total. The fourth-order valence-electron chi connectivity index (χ4n) is 2.27. The number of hydrogen-bond acceptors (Lipinski definition) is 3. The topological polar surface area (TPSA) is 40.7 Å². The lowest BCUT2D eigenvalue weighted by Crippen LogP contribution is -2.04. The summed E-state index contributed by atoms with van der Waals surface area (Å²) >= 11 is 1.75. The first-order chi connectivity index (χ1) is 10.2. The molecule has 3 rings (SSSR count). The average Bonchev–Trinajstić information content (AvgIpc) is 2.85. The highest BCUT2D eigenvalue weighted by molar-refractivity contribution is 7.99. The molecule has 21 heavy (non-hydrogen) atoms. The second kappa shape index (κ2) is 6.22. The van der Waals surface area contributed by atoms with E-state index >= 15 is 0 Å². The van der Waals surface area contributed by atoms with Crippen molar-refractivity contribution in [2.24, 2.45) is 0 Å². The molecule has 0 aliphatic carbocycles. The molecule has 108 valence electrons. The van der Waals surface area contributed by atoms with Gasteiger partial charge in [-0.1, -0.05) is 30.0 Å². The lowest BCUT2D eigenvalue weighted by molar-refractivity contribution is 1.07. The Kier molecular flexibility index (Phi) is 4.15. The standard InChI is InChI=1S/C17H19N3S/c1-12-4-3-5-14(10-12)18-8-9-21-17-19-15-7-6-13(2)11-16(15)20-17/h3-7,10-11,18H,8-9H2,1-2H3,(H,19,20). The fraction of sp³-hybridized carbons (Fsp3) is 0.235. The van der Waals surface area contributed by atoms with E-state index in [0.29, 0.717) is 0 Å². The molecule has 2 aromatic carbocycles. The first-order valence-corrected chi connectivity index (χ1v) is 8.09. The van der Waals surface area contributed by atoms with Gasteiger partial charge in [0, 0.05) is 18.0 Å². The zero-order valence-corrected chi connectivity index (χ0v) is 13.1. The first-order valence-electron chi connectivity index (χ1n) is 7.10. The highest BCUT2D eigenvalue weighted by Crippen LogP contribution is 2.20. The van der Waals surface area contributed by atoms with Gasteiger partial charge < -0.3 is 10.3 Å². The van der Waals surface area contributed by atoms with E-state index < -0.39 is 0 Å². The van der Waals surface area contributed by atoms with Crippen molar-refractivity contribution in [2.45, 2.75) is 19.0 Å². The molecular weight excluding hydrogens is 278 g/mol. The Morgan fingerprint density at radius 1 is 1.10 bits per heavy atom. The maximum atomic E-state index is 4.59. The molecule has 4 heteroatoms. The third-order valence-corrected chi connectivity index (χ3v) is 4.18. The van der Waals surface area contributed by atoms with Crippen LogP contribution in [0.25, 0.3) is 11.0 Å². The van der Waals surface area contributed by atoms with E-state index in [9.17, 15) is 0 Å². The largest absolute Gasteiger partial charge is 0.384 e. The zero-order valence-electron chi connectivity index (χ0n) is 12.3. The third kappa shape index (κ3) is 3.58. The predicted octanol–water partition coefficient (Wildman–Crippen LogP) is 4.38. The van der Waals surface area contributed by atoms with E-state index in [0.717, 1.165) is 28.5 Å². The molecule has 1 aromatic heterocycles. The number of anilines is 1. The molecule has 0 atom stereocenters. The Morgan fingerprint density at radius 3 is 2.81 bits per heavy atom. The van der Waals surface area contributed by atoms with Gasteiger partial charge in [-0.2, -0.15) is 0 Å². The third-order valence-electron chi connectivity index (χ3n) is 3.30. The van der Waals surface area contributed by atoms with E-state index in [1.165, 1.54) is 16.8 Å². The highest BCUT2D eigenvalue weighted by Gasteiger charge is 2.03. The molecule has 0 amide bonds. The monoisotopic (exact) mass is 297 g/mol. The van der Waals surface area contributed by atoms with Crippen molar-refractivity contribution in [1.82, 2.24) is 9.97 Å². The molecule has 0 saturated heterocycles. The predicted molar refractivity (Wildman–Crippen MR) is 91.2 cm³/mol. The van der Waals surface area contributed by atoms with Gasteiger partial charge in [-0.3, -0.25) is 0 Å². The maximum Gasteiger partial charge on any atom is 0.166 e. The van der Waals surface area contributed by atoms with Crippen molar-refractivity contribution in [2.75, 3.05) is 17.6 Å². The first kappa shape index (κ1) is 14.0. The molecule has 3 aromatic rings. The second-order valence-electron chi connectivity index (χ2n) is 5.21. The van der Waals surface area contributed by atoms with Gasteiger partial charge in [-0.25, -0.2) is 4.98 Å². The number of aromatic nitrogens is 2. The van der Waals surface area contributed by atoms with Crippen LogP contribution in [-0.4, -0.2) is 22.3 Å². The molecule has 0 spiro atoms. The van der Waals surface area contributed by atoms with Gasteiger partial charge >= 0.3 is 0 Å². The van der Waals surface area contributed by atoms with Crippen LogP contribution in [0.1, 0.15) is 11.1 Å². The lowest BCUT2D eigenvalue weighted by atomic mass is 10.2. The molecule has 0 unspecified atom stereocenters. The minimum absolute atomic E-state index is 0.921. The van der Waals surface area contributed by atoms with Crippen LogP contribution in [0, 0.1) is 13.8 Å². The van der Waals surface area contributed by atoms with Crippen molar-refractivity contribution in [3.63, 3.8) is 0 Å². The normalized spacial score (nSPS) is 11.0. The lowest BCUT2D eigenvalue weighted by Gasteiger charge is -2.05. The number of fused-ring (bicyclic) bond motifs is 1. The minimum atomic E-state index is 0.921. The van der Waals surface area contributed by atoms with Crippen molar-refractivity contribution >= 4 is 28.5 Å². The van der Waals surface area contributed by atoms with Gasteiger partial charge in [0.05, 0.1) is 11.0 Å². The number of aryl methyl sites for hydroxylation is 2. The van der Waals surface area contributed by atoms with Crippen LogP contribution in [0.15, 0.2) is 47.6 Å². The summed E-state index contributed by atoms with van der Waals surface area (Å²) in [6.45, 7) is 5.12. The quantitative estimate of drug-likeness (QED) is 0.542. The maximum absolute atomic E-state index is 4.59. The second-order valence-corrected chi connectivity index (χ2v) is 6.29. The fourth-order valence-corrected chi connectivity index (χ4v) is 3.01. The SMILES string of the molecule is Cc1cccc(NCCSc2nc3ccc(C)cc3[nH]2)c1. The van der Waals surface area contributed by atoms with Crippen molar-refractivity contribution in [1.29, 1.82) is 0 Å². The molecule has 1 heterocycles. The molecule has 3 nitrogen and oxygen atoms in total. The van der Waals surface area contributed by atoms with Gasteiger partial charge in [-0.05, 0) is 49.2 Å². The van der Waals surface area contributed by atoms with Gasteiger partial charge in [0.25, 0.3) is 0 Å². The summed E-state index contributed by atoms with van der Waals surface area (Å²) in [4.78, 5) is 7.96. The zero-order chi connectivity index (χ0) is 14.7. The summed E-state index contributed by atoms with van der Waals surface area (Å²) < 4.78 is 0. The molecule has 0 radical (unpaired) electrons. The highest BCUT2D eigenvalue weighted by atomic mass is 32.2. The van der Waals surface area contributed by atoms with Crippen LogP contribution in [0.2, 0.25) is 0 Å². The van der Waals surface area contributed by atoms with Crippen LogP contribution in [0.5, 0.6) is 0 Å². The molecule has 0 aliphatic heterocycles. The summed E-state index contributed by atoms with van der Waals surface area (Å²) in [6, 6.07) is 14.7. The number of nitrogens with one attached hydrogen (secondary N) is 2. The summed E-state index contributed by atoms with van der Waals surface area (Å²) in [7, 11) is 0. The number of hydrogen-bond donors (Lipinski definition) is 2. The molecule has 0 fully saturated rings. The van der Waals surface area contributed by atoms with E-state index in [2.05, 4.69) is 71.6 Å².